The van der Waals surface area contributed by atoms with Crippen LogP contribution >= 0.6 is 0 Å². The zero-order valence-electron chi connectivity index (χ0n) is 16.7. The molecule has 0 amide bonds. The minimum Gasteiger partial charge on any atom is -0.390 e. The van der Waals surface area contributed by atoms with Gasteiger partial charge in [0.1, 0.15) is 12.4 Å². The van der Waals surface area contributed by atoms with Gasteiger partial charge in [0.15, 0.2) is 5.82 Å². The highest BCUT2D eigenvalue weighted by Crippen LogP contribution is 2.27. The third-order valence-electron chi connectivity index (χ3n) is 5.55. The molecule has 0 saturated carbocycles. The molecule has 1 aromatic heterocycles. The van der Waals surface area contributed by atoms with Crippen molar-refractivity contribution in [3.63, 3.8) is 0 Å². The Morgan fingerprint density at radius 1 is 1.07 bits per heavy atom. The molecule has 0 atom stereocenters. The lowest BCUT2D eigenvalue weighted by atomic mass is 9.95. The molecule has 1 aliphatic rings. The van der Waals surface area contributed by atoms with Crippen molar-refractivity contribution in [3.8, 4) is 0 Å². The highest BCUT2D eigenvalue weighted by atomic mass is 16.3. The first-order valence-corrected chi connectivity index (χ1v) is 9.87. The summed E-state index contributed by atoms with van der Waals surface area (Å²) in [6.07, 6.45) is 3.82. The van der Waals surface area contributed by atoms with Crippen LogP contribution in [0.5, 0.6) is 0 Å². The normalized spacial score (nSPS) is 16.8. The molecule has 0 radical (unpaired) electrons. The Kier molecular flexibility index (Phi) is 6.29. The third kappa shape index (κ3) is 5.37. The van der Waals surface area contributed by atoms with E-state index in [4.69, 9.17) is 0 Å². The lowest BCUT2D eigenvalue weighted by Gasteiger charge is -2.31. The van der Waals surface area contributed by atoms with Crippen LogP contribution < -0.4 is 0 Å². The van der Waals surface area contributed by atoms with Gasteiger partial charge in [-0.1, -0.05) is 24.3 Å². The standard InChI is InChI=1S/C21H32N4O2/c1-21(2,27)11-8-16-4-6-17(7-5-16)14-25-12-9-18(10-13-25)20-23-22-19(15-26)24(20)3/h4-7,18,26-27H,8-15H2,1-3H3. The second kappa shape index (κ2) is 8.50. The van der Waals surface area contributed by atoms with Crippen molar-refractivity contribution < 1.29 is 10.2 Å². The molecular formula is C21H32N4O2. The number of nitrogens with zero attached hydrogens (tertiary/aromatic N) is 4. The van der Waals surface area contributed by atoms with Gasteiger partial charge in [0.25, 0.3) is 0 Å². The first-order chi connectivity index (χ1) is 12.9. The topological polar surface area (TPSA) is 74.4 Å². The number of likely N-dealkylation sites (tertiary alicyclic amines) is 1. The van der Waals surface area contributed by atoms with Crippen molar-refractivity contribution in [2.45, 2.75) is 64.2 Å². The molecule has 1 fully saturated rings. The highest BCUT2D eigenvalue weighted by molar-refractivity contribution is 5.23. The SMILES string of the molecule is Cn1c(CO)nnc1C1CCN(Cc2ccc(CCC(C)(C)O)cc2)CC1. The van der Waals surface area contributed by atoms with E-state index in [0.29, 0.717) is 11.7 Å². The Hall–Kier alpha value is -1.76. The predicted molar refractivity (Wildman–Crippen MR) is 105 cm³/mol. The highest BCUT2D eigenvalue weighted by Gasteiger charge is 2.25. The van der Waals surface area contributed by atoms with E-state index in [0.717, 1.165) is 51.1 Å². The van der Waals surface area contributed by atoms with Gasteiger partial charge >= 0.3 is 0 Å². The van der Waals surface area contributed by atoms with Gasteiger partial charge < -0.3 is 14.8 Å². The summed E-state index contributed by atoms with van der Waals surface area (Å²) in [5, 5.41) is 27.5. The van der Waals surface area contributed by atoms with Crippen molar-refractivity contribution >= 4 is 0 Å². The van der Waals surface area contributed by atoms with Gasteiger partial charge in [-0.05, 0) is 63.7 Å². The predicted octanol–water partition coefficient (Wildman–Crippen LogP) is 2.39. The maximum Gasteiger partial charge on any atom is 0.158 e. The number of aromatic nitrogens is 3. The summed E-state index contributed by atoms with van der Waals surface area (Å²) in [5.41, 5.74) is 2.01. The molecule has 0 unspecified atom stereocenters. The first-order valence-electron chi connectivity index (χ1n) is 9.87. The van der Waals surface area contributed by atoms with Crippen LogP contribution in [-0.4, -0.2) is 48.6 Å². The fourth-order valence-electron chi connectivity index (χ4n) is 3.74. The molecule has 2 N–H and O–H groups in total. The number of rotatable bonds is 7. The van der Waals surface area contributed by atoms with Gasteiger partial charge in [-0.15, -0.1) is 10.2 Å². The second-order valence-corrected chi connectivity index (χ2v) is 8.37. The Labute approximate surface area is 161 Å². The van der Waals surface area contributed by atoms with Gasteiger partial charge in [-0.25, -0.2) is 0 Å². The molecule has 0 spiro atoms. The molecule has 1 saturated heterocycles. The Balaban J connectivity index is 1.49. The summed E-state index contributed by atoms with van der Waals surface area (Å²) in [4.78, 5) is 2.49. The summed E-state index contributed by atoms with van der Waals surface area (Å²) in [6, 6.07) is 8.79. The van der Waals surface area contributed by atoms with E-state index in [1.807, 2.05) is 25.5 Å². The number of hydrogen-bond donors (Lipinski definition) is 2. The van der Waals surface area contributed by atoms with Crippen LogP contribution in [-0.2, 0) is 26.6 Å². The van der Waals surface area contributed by atoms with Crippen LogP contribution in [0.25, 0.3) is 0 Å². The largest absolute Gasteiger partial charge is 0.390 e. The minimum absolute atomic E-state index is 0.0614. The smallest absolute Gasteiger partial charge is 0.158 e. The fourth-order valence-corrected chi connectivity index (χ4v) is 3.74. The molecule has 3 rings (SSSR count). The molecule has 2 aromatic rings. The van der Waals surface area contributed by atoms with E-state index in [-0.39, 0.29) is 6.61 Å². The Morgan fingerprint density at radius 3 is 2.26 bits per heavy atom. The van der Waals surface area contributed by atoms with Crippen LogP contribution in [0, 0.1) is 0 Å². The van der Waals surface area contributed by atoms with Gasteiger partial charge in [0.05, 0.1) is 5.60 Å². The lowest BCUT2D eigenvalue weighted by molar-refractivity contribution is 0.0714. The maximum absolute atomic E-state index is 9.86. The maximum atomic E-state index is 9.86. The van der Waals surface area contributed by atoms with Crippen molar-refractivity contribution in [3.05, 3.63) is 47.0 Å². The summed E-state index contributed by atoms with van der Waals surface area (Å²) in [7, 11) is 1.94. The molecule has 1 aliphatic heterocycles. The zero-order valence-corrected chi connectivity index (χ0v) is 16.7. The summed E-state index contributed by atoms with van der Waals surface area (Å²) in [5.74, 6) is 2.05. The Morgan fingerprint density at radius 2 is 1.70 bits per heavy atom. The molecule has 6 heteroatoms. The monoisotopic (exact) mass is 372 g/mol. The van der Waals surface area contributed by atoms with Crippen LogP contribution in [0.15, 0.2) is 24.3 Å². The molecular weight excluding hydrogens is 340 g/mol. The van der Waals surface area contributed by atoms with Crippen molar-refractivity contribution in [1.82, 2.24) is 19.7 Å². The average Bonchev–Trinajstić information content (AvgIpc) is 3.02. The van der Waals surface area contributed by atoms with E-state index in [1.165, 1.54) is 11.1 Å². The van der Waals surface area contributed by atoms with Crippen molar-refractivity contribution in [2.75, 3.05) is 13.1 Å². The van der Waals surface area contributed by atoms with Gasteiger partial charge in [-0.3, -0.25) is 4.90 Å². The summed E-state index contributed by atoms with van der Waals surface area (Å²) in [6.45, 7) is 6.72. The molecule has 148 valence electrons. The minimum atomic E-state index is -0.607. The van der Waals surface area contributed by atoms with Gasteiger partial charge in [-0.2, -0.15) is 0 Å². The number of piperidine rings is 1. The van der Waals surface area contributed by atoms with Crippen LogP contribution in [0.4, 0.5) is 0 Å². The van der Waals surface area contributed by atoms with E-state index >= 15 is 0 Å². The molecule has 0 bridgehead atoms. The van der Waals surface area contributed by atoms with E-state index in [1.54, 1.807) is 0 Å². The number of aliphatic hydroxyl groups is 2. The fraction of sp³-hybridized carbons (Fsp3) is 0.619. The number of aliphatic hydroxyl groups excluding tert-OH is 1. The van der Waals surface area contributed by atoms with E-state index in [9.17, 15) is 10.2 Å². The lowest BCUT2D eigenvalue weighted by Crippen LogP contribution is -2.33. The van der Waals surface area contributed by atoms with Crippen molar-refractivity contribution in [2.24, 2.45) is 7.05 Å². The second-order valence-electron chi connectivity index (χ2n) is 8.37. The number of aryl methyl sites for hydroxylation is 1. The molecule has 6 nitrogen and oxygen atoms in total. The zero-order chi connectivity index (χ0) is 19.4. The Bertz CT molecular complexity index is 726. The number of hydrogen-bond acceptors (Lipinski definition) is 5. The average molecular weight is 373 g/mol. The van der Waals surface area contributed by atoms with Gasteiger partial charge in [0.2, 0.25) is 0 Å². The summed E-state index contributed by atoms with van der Waals surface area (Å²) < 4.78 is 1.94. The molecule has 27 heavy (non-hydrogen) atoms. The van der Waals surface area contributed by atoms with Gasteiger partial charge in [0, 0.05) is 19.5 Å². The molecule has 2 heterocycles. The van der Waals surface area contributed by atoms with Crippen LogP contribution in [0.1, 0.15) is 61.8 Å². The van der Waals surface area contributed by atoms with Crippen molar-refractivity contribution in [1.29, 1.82) is 0 Å². The summed E-state index contributed by atoms with van der Waals surface area (Å²) >= 11 is 0. The third-order valence-corrected chi connectivity index (χ3v) is 5.55. The quantitative estimate of drug-likeness (QED) is 0.781. The van der Waals surface area contributed by atoms with Crippen LogP contribution in [0.3, 0.4) is 0 Å². The number of benzene rings is 1. The molecule has 1 aromatic carbocycles. The van der Waals surface area contributed by atoms with E-state index < -0.39 is 5.60 Å². The van der Waals surface area contributed by atoms with E-state index in [2.05, 4.69) is 39.4 Å². The molecule has 0 aliphatic carbocycles. The van der Waals surface area contributed by atoms with Crippen LogP contribution in [0.2, 0.25) is 0 Å². The first kappa shape index (κ1) is 20.0.